The lowest BCUT2D eigenvalue weighted by molar-refractivity contribution is 0.563. The number of allylic oxidation sites excluding steroid dienone is 2. The summed E-state index contributed by atoms with van der Waals surface area (Å²) in [7, 11) is 0. The minimum Gasteiger partial charge on any atom is -0.310 e. The predicted molar refractivity (Wildman–Crippen MR) is 47.5 cm³/mol. The summed E-state index contributed by atoms with van der Waals surface area (Å²) < 4.78 is 0. The van der Waals surface area contributed by atoms with Gasteiger partial charge in [-0.1, -0.05) is 12.2 Å². The van der Waals surface area contributed by atoms with E-state index >= 15 is 0 Å². The number of hydrogen-bond donors (Lipinski definition) is 1. The van der Waals surface area contributed by atoms with Crippen molar-refractivity contribution < 1.29 is 0 Å². The van der Waals surface area contributed by atoms with E-state index in [9.17, 15) is 0 Å². The highest BCUT2D eigenvalue weighted by atomic mass is 14.9. The van der Waals surface area contributed by atoms with Crippen molar-refractivity contribution >= 4 is 0 Å². The van der Waals surface area contributed by atoms with E-state index in [1.807, 2.05) is 0 Å². The molecule has 1 aliphatic carbocycles. The van der Waals surface area contributed by atoms with Crippen LogP contribution < -0.4 is 5.32 Å². The van der Waals surface area contributed by atoms with Crippen molar-refractivity contribution in [1.29, 1.82) is 0 Å². The molecule has 0 aromatic rings. The first-order valence-corrected chi connectivity index (χ1v) is 4.51. The van der Waals surface area contributed by atoms with Gasteiger partial charge in [-0.25, -0.2) is 0 Å². The molecule has 1 saturated heterocycles. The molecule has 11 heavy (non-hydrogen) atoms. The van der Waals surface area contributed by atoms with Gasteiger partial charge in [0.25, 0.3) is 0 Å². The summed E-state index contributed by atoms with van der Waals surface area (Å²) in [4.78, 5) is 0. The maximum absolute atomic E-state index is 3.47. The largest absolute Gasteiger partial charge is 0.310 e. The van der Waals surface area contributed by atoms with Gasteiger partial charge in [0.2, 0.25) is 0 Å². The van der Waals surface area contributed by atoms with Crippen molar-refractivity contribution in [1.82, 2.24) is 5.32 Å². The summed E-state index contributed by atoms with van der Waals surface area (Å²) in [5.41, 5.74) is 3.16. The van der Waals surface area contributed by atoms with E-state index in [0.717, 1.165) is 6.54 Å². The van der Waals surface area contributed by atoms with Crippen LogP contribution in [-0.4, -0.2) is 12.6 Å². The van der Waals surface area contributed by atoms with Crippen molar-refractivity contribution in [2.24, 2.45) is 0 Å². The van der Waals surface area contributed by atoms with Gasteiger partial charge in [-0.3, -0.25) is 0 Å². The molecule has 1 fully saturated rings. The van der Waals surface area contributed by atoms with Crippen LogP contribution in [0.1, 0.15) is 26.2 Å². The van der Waals surface area contributed by atoms with Crippen LogP contribution in [0.15, 0.2) is 23.3 Å². The van der Waals surface area contributed by atoms with Gasteiger partial charge in [0.15, 0.2) is 0 Å². The van der Waals surface area contributed by atoms with Crippen LogP contribution in [0.4, 0.5) is 0 Å². The molecule has 1 heteroatoms. The van der Waals surface area contributed by atoms with Gasteiger partial charge in [0, 0.05) is 6.04 Å². The molecule has 2 rings (SSSR count). The third-order valence-corrected chi connectivity index (χ3v) is 2.60. The van der Waals surface area contributed by atoms with Crippen LogP contribution in [0.25, 0.3) is 0 Å². The topological polar surface area (TPSA) is 12.0 Å². The van der Waals surface area contributed by atoms with Crippen LogP contribution in [-0.2, 0) is 0 Å². The minimum atomic E-state index is 0.593. The molecule has 1 aliphatic heterocycles. The first kappa shape index (κ1) is 7.11. The molecule has 60 valence electrons. The fraction of sp³-hybridized carbons (Fsp3) is 0.600. The van der Waals surface area contributed by atoms with E-state index in [2.05, 4.69) is 24.4 Å². The minimum absolute atomic E-state index is 0.593. The number of fused-ring (bicyclic) bond motifs is 1. The zero-order valence-corrected chi connectivity index (χ0v) is 7.06. The predicted octanol–water partition coefficient (Wildman–Crippen LogP) is 2.01. The normalized spacial score (nSPS) is 30.5. The molecule has 1 heterocycles. The quantitative estimate of drug-likeness (QED) is 0.555. The molecule has 0 bridgehead atoms. The Bertz CT molecular complexity index is 213. The summed E-state index contributed by atoms with van der Waals surface area (Å²) in [5, 5.41) is 3.47. The van der Waals surface area contributed by atoms with Crippen molar-refractivity contribution in [3.05, 3.63) is 23.3 Å². The average molecular weight is 149 g/mol. The second-order valence-electron chi connectivity index (χ2n) is 3.39. The third-order valence-electron chi connectivity index (χ3n) is 2.60. The molecular weight excluding hydrogens is 134 g/mol. The second kappa shape index (κ2) is 2.82. The fourth-order valence-corrected chi connectivity index (χ4v) is 1.98. The maximum Gasteiger partial charge on any atom is 0.0291 e. The van der Waals surface area contributed by atoms with Crippen LogP contribution in [0.2, 0.25) is 0 Å². The van der Waals surface area contributed by atoms with Gasteiger partial charge in [0.1, 0.15) is 0 Å². The van der Waals surface area contributed by atoms with Gasteiger partial charge in [-0.15, -0.1) is 0 Å². The molecule has 0 aromatic heterocycles. The summed E-state index contributed by atoms with van der Waals surface area (Å²) in [6, 6.07) is 0.593. The van der Waals surface area contributed by atoms with E-state index in [1.165, 1.54) is 19.3 Å². The average Bonchev–Trinajstić information content (AvgIpc) is 2.06. The second-order valence-corrected chi connectivity index (χ2v) is 3.39. The van der Waals surface area contributed by atoms with Gasteiger partial charge < -0.3 is 5.32 Å². The molecule has 0 radical (unpaired) electrons. The Balaban J connectivity index is 2.24. The zero-order chi connectivity index (χ0) is 7.68. The lowest BCUT2D eigenvalue weighted by atomic mass is 9.88. The van der Waals surface area contributed by atoms with Gasteiger partial charge >= 0.3 is 0 Å². The first-order chi connectivity index (χ1) is 5.38. The number of nitrogens with one attached hydrogen (secondary N) is 1. The highest BCUT2D eigenvalue weighted by Crippen LogP contribution is 2.26. The highest BCUT2D eigenvalue weighted by molar-refractivity contribution is 5.39. The maximum atomic E-state index is 3.47. The number of piperidine rings is 1. The highest BCUT2D eigenvalue weighted by Gasteiger charge is 2.18. The van der Waals surface area contributed by atoms with Crippen LogP contribution >= 0.6 is 0 Å². The van der Waals surface area contributed by atoms with Crippen molar-refractivity contribution in [3.8, 4) is 0 Å². The van der Waals surface area contributed by atoms with E-state index in [-0.39, 0.29) is 0 Å². The van der Waals surface area contributed by atoms with Crippen molar-refractivity contribution in [2.45, 2.75) is 32.2 Å². The lowest BCUT2D eigenvalue weighted by Gasteiger charge is -2.28. The monoisotopic (exact) mass is 149 g/mol. The van der Waals surface area contributed by atoms with E-state index in [4.69, 9.17) is 0 Å². The smallest absolute Gasteiger partial charge is 0.0291 e. The summed E-state index contributed by atoms with van der Waals surface area (Å²) >= 11 is 0. The van der Waals surface area contributed by atoms with E-state index in [1.54, 1.807) is 11.1 Å². The zero-order valence-electron chi connectivity index (χ0n) is 7.06. The number of rotatable bonds is 0. The fourth-order valence-electron chi connectivity index (χ4n) is 1.98. The molecular formula is C10H15N. The third kappa shape index (κ3) is 1.25. The van der Waals surface area contributed by atoms with Crippen LogP contribution in [0.3, 0.4) is 0 Å². The van der Waals surface area contributed by atoms with Gasteiger partial charge in [-0.2, -0.15) is 0 Å². The first-order valence-electron chi connectivity index (χ1n) is 4.51. The van der Waals surface area contributed by atoms with Crippen LogP contribution in [0, 0.1) is 0 Å². The molecule has 0 spiro atoms. The SMILES string of the molecule is CC1NCCC2=CCCC=C21. The van der Waals surface area contributed by atoms with E-state index < -0.39 is 0 Å². The molecule has 1 N–H and O–H groups in total. The molecule has 0 amide bonds. The van der Waals surface area contributed by atoms with Crippen molar-refractivity contribution in [2.75, 3.05) is 6.54 Å². The molecule has 0 aromatic carbocycles. The Morgan fingerprint density at radius 2 is 2.18 bits per heavy atom. The van der Waals surface area contributed by atoms with Crippen LogP contribution in [0.5, 0.6) is 0 Å². The Morgan fingerprint density at radius 1 is 1.36 bits per heavy atom. The summed E-state index contributed by atoms with van der Waals surface area (Å²) in [6.45, 7) is 3.41. The molecule has 1 atom stereocenters. The Hall–Kier alpha value is -0.560. The molecule has 1 nitrogen and oxygen atoms in total. The Kier molecular flexibility index (Phi) is 1.82. The summed E-state index contributed by atoms with van der Waals surface area (Å²) in [6.07, 6.45) is 8.53. The van der Waals surface area contributed by atoms with Gasteiger partial charge in [0.05, 0.1) is 0 Å². The molecule has 2 aliphatic rings. The Labute approximate surface area is 68.2 Å². The van der Waals surface area contributed by atoms with Crippen molar-refractivity contribution in [3.63, 3.8) is 0 Å². The van der Waals surface area contributed by atoms with E-state index in [0.29, 0.717) is 6.04 Å². The Morgan fingerprint density at radius 3 is 3.00 bits per heavy atom. The molecule has 1 unspecified atom stereocenters. The van der Waals surface area contributed by atoms with Gasteiger partial charge in [-0.05, 0) is 43.9 Å². The molecule has 0 saturated carbocycles. The number of hydrogen-bond acceptors (Lipinski definition) is 1. The standard InChI is InChI=1S/C10H15N/c1-8-10-5-3-2-4-9(10)6-7-11-8/h4-5,8,11H,2-3,6-7H2,1H3. The lowest BCUT2D eigenvalue weighted by Crippen LogP contribution is -2.35. The summed E-state index contributed by atoms with van der Waals surface area (Å²) in [5.74, 6) is 0.